The van der Waals surface area contributed by atoms with Crippen LogP contribution in [-0.2, 0) is 11.2 Å². The number of hydrogen-bond acceptors (Lipinski definition) is 3. The molecule has 5 nitrogen and oxygen atoms in total. The van der Waals surface area contributed by atoms with Crippen LogP contribution in [-0.4, -0.2) is 25.5 Å². The zero-order valence-corrected chi connectivity index (χ0v) is 14.9. The molecule has 130 valence electrons. The average Bonchev–Trinajstić information content (AvgIpc) is 2.60. The Morgan fingerprint density at radius 2 is 2.00 bits per heavy atom. The number of anilines is 2. The van der Waals surface area contributed by atoms with Gasteiger partial charge < -0.3 is 15.0 Å². The van der Waals surface area contributed by atoms with Gasteiger partial charge in [0.05, 0.1) is 12.7 Å². The van der Waals surface area contributed by atoms with E-state index in [-0.39, 0.29) is 11.8 Å². The predicted octanol–water partition coefficient (Wildman–Crippen LogP) is 3.90. The van der Waals surface area contributed by atoms with Crippen LogP contribution in [0.25, 0.3) is 0 Å². The molecule has 0 saturated heterocycles. The fourth-order valence-corrected chi connectivity index (χ4v) is 3.21. The predicted molar refractivity (Wildman–Crippen MR) is 98.7 cm³/mol. The maximum atomic E-state index is 12.6. The highest BCUT2D eigenvalue weighted by atomic mass is 35.5. The maximum Gasteiger partial charge on any atom is 0.259 e. The Hall–Kier alpha value is -2.53. The second kappa shape index (κ2) is 7.15. The molecule has 0 fully saturated rings. The summed E-state index contributed by atoms with van der Waals surface area (Å²) in [6.45, 7) is 2.25. The topological polar surface area (TPSA) is 58.6 Å². The van der Waals surface area contributed by atoms with Gasteiger partial charge in [-0.2, -0.15) is 0 Å². The molecule has 3 rings (SSSR count). The summed E-state index contributed by atoms with van der Waals surface area (Å²) in [6.07, 6.45) is 1.87. The van der Waals surface area contributed by atoms with Crippen molar-refractivity contribution >= 4 is 34.8 Å². The number of methoxy groups -OCH3 is 1. The van der Waals surface area contributed by atoms with Crippen molar-refractivity contribution in [1.29, 1.82) is 0 Å². The average molecular weight is 359 g/mol. The van der Waals surface area contributed by atoms with Crippen molar-refractivity contribution in [1.82, 2.24) is 0 Å². The van der Waals surface area contributed by atoms with E-state index in [0.29, 0.717) is 28.6 Å². The van der Waals surface area contributed by atoms with Crippen LogP contribution < -0.4 is 15.0 Å². The number of benzene rings is 2. The van der Waals surface area contributed by atoms with Gasteiger partial charge in [-0.05, 0) is 48.7 Å². The quantitative estimate of drug-likeness (QED) is 0.905. The Kier molecular flexibility index (Phi) is 4.95. The molecule has 0 aliphatic carbocycles. The molecule has 0 aromatic heterocycles. The van der Waals surface area contributed by atoms with Gasteiger partial charge in [-0.3, -0.25) is 9.59 Å². The number of carbonyl (C=O) groups excluding carboxylic acids is 2. The van der Waals surface area contributed by atoms with Crippen molar-refractivity contribution in [2.24, 2.45) is 0 Å². The highest BCUT2D eigenvalue weighted by Crippen LogP contribution is 2.31. The molecule has 0 saturated carbocycles. The van der Waals surface area contributed by atoms with Gasteiger partial charge >= 0.3 is 0 Å². The van der Waals surface area contributed by atoms with E-state index in [9.17, 15) is 9.59 Å². The van der Waals surface area contributed by atoms with Crippen LogP contribution in [0.5, 0.6) is 5.75 Å². The van der Waals surface area contributed by atoms with E-state index in [1.165, 1.54) is 7.11 Å². The molecule has 1 aliphatic rings. The minimum atomic E-state index is -0.315. The second-order valence-electron chi connectivity index (χ2n) is 5.92. The number of rotatable bonds is 3. The van der Waals surface area contributed by atoms with Crippen molar-refractivity contribution in [2.45, 2.75) is 19.8 Å². The summed E-state index contributed by atoms with van der Waals surface area (Å²) in [5, 5.41) is 3.31. The lowest BCUT2D eigenvalue weighted by molar-refractivity contribution is -0.116. The molecule has 0 atom stereocenters. The zero-order chi connectivity index (χ0) is 18.0. The van der Waals surface area contributed by atoms with Crippen molar-refractivity contribution in [3.05, 3.63) is 52.5 Å². The lowest BCUT2D eigenvalue weighted by atomic mass is 10.0. The van der Waals surface area contributed by atoms with E-state index in [0.717, 1.165) is 24.1 Å². The molecule has 0 spiro atoms. The van der Waals surface area contributed by atoms with Crippen molar-refractivity contribution in [2.75, 3.05) is 23.9 Å². The summed E-state index contributed by atoms with van der Waals surface area (Å²) in [5.41, 5.74) is 2.95. The van der Waals surface area contributed by atoms with Crippen LogP contribution in [0.4, 0.5) is 11.4 Å². The fourth-order valence-electron chi connectivity index (χ4n) is 3.04. The van der Waals surface area contributed by atoms with Crippen LogP contribution in [0.2, 0.25) is 5.02 Å². The number of carbonyl (C=O) groups is 2. The molecule has 0 unspecified atom stereocenters. The molecule has 1 aliphatic heterocycles. The van der Waals surface area contributed by atoms with Gasteiger partial charge in [-0.15, -0.1) is 0 Å². The standard InChI is InChI=1S/C19H19ClN2O3/c1-12(23)22-9-3-4-13-5-7-15(11-17(13)22)21-19(24)16-10-14(20)6-8-18(16)25-2/h5-8,10-11H,3-4,9H2,1-2H3,(H,21,24). The molecule has 1 N–H and O–H groups in total. The second-order valence-corrected chi connectivity index (χ2v) is 6.35. The van der Waals surface area contributed by atoms with Crippen LogP contribution in [0.3, 0.4) is 0 Å². The first-order valence-corrected chi connectivity index (χ1v) is 8.43. The Bertz CT molecular complexity index is 835. The summed E-state index contributed by atoms with van der Waals surface area (Å²) >= 11 is 5.99. The van der Waals surface area contributed by atoms with Gasteiger partial charge in [0.2, 0.25) is 5.91 Å². The number of ether oxygens (including phenoxy) is 1. The molecular weight excluding hydrogens is 340 g/mol. The Balaban J connectivity index is 1.89. The number of amides is 2. The maximum absolute atomic E-state index is 12.6. The number of aryl methyl sites for hydroxylation is 1. The minimum absolute atomic E-state index is 0.000868. The Labute approximate surface area is 151 Å². The molecule has 25 heavy (non-hydrogen) atoms. The van der Waals surface area contributed by atoms with E-state index >= 15 is 0 Å². The van der Waals surface area contributed by atoms with E-state index in [1.54, 1.807) is 30.0 Å². The first-order valence-electron chi connectivity index (χ1n) is 8.05. The van der Waals surface area contributed by atoms with Gasteiger partial charge in [-0.1, -0.05) is 17.7 Å². The number of nitrogens with zero attached hydrogens (tertiary/aromatic N) is 1. The summed E-state index contributed by atoms with van der Waals surface area (Å²) in [5.74, 6) is 0.135. The molecule has 6 heteroatoms. The highest BCUT2D eigenvalue weighted by Gasteiger charge is 2.21. The minimum Gasteiger partial charge on any atom is -0.496 e. The van der Waals surface area contributed by atoms with Crippen LogP contribution in [0, 0.1) is 0 Å². The summed E-state index contributed by atoms with van der Waals surface area (Å²) < 4.78 is 5.23. The molecular formula is C19H19ClN2O3. The molecule has 0 bridgehead atoms. The highest BCUT2D eigenvalue weighted by molar-refractivity contribution is 6.31. The lowest BCUT2D eigenvalue weighted by Gasteiger charge is -2.29. The van der Waals surface area contributed by atoms with E-state index in [4.69, 9.17) is 16.3 Å². The Morgan fingerprint density at radius 3 is 2.72 bits per heavy atom. The first-order chi connectivity index (χ1) is 12.0. The summed E-state index contributed by atoms with van der Waals surface area (Å²) in [4.78, 5) is 26.2. The number of hydrogen-bond donors (Lipinski definition) is 1. The monoisotopic (exact) mass is 358 g/mol. The Morgan fingerprint density at radius 1 is 1.20 bits per heavy atom. The van der Waals surface area contributed by atoms with Gasteiger partial charge in [0.1, 0.15) is 5.75 Å². The van der Waals surface area contributed by atoms with Gasteiger partial charge in [0.25, 0.3) is 5.91 Å². The molecule has 0 radical (unpaired) electrons. The van der Waals surface area contributed by atoms with Crippen LogP contribution in [0.15, 0.2) is 36.4 Å². The first kappa shape index (κ1) is 17.3. The van der Waals surface area contributed by atoms with Gasteiger partial charge in [0.15, 0.2) is 0 Å². The fraction of sp³-hybridized carbons (Fsp3) is 0.263. The lowest BCUT2D eigenvalue weighted by Crippen LogP contribution is -2.33. The van der Waals surface area contributed by atoms with E-state index in [1.807, 2.05) is 18.2 Å². The third kappa shape index (κ3) is 3.61. The number of halogens is 1. The van der Waals surface area contributed by atoms with Crippen molar-refractivity contribution < 1.29 is 14.3 Å². The van der Waals surface area contributed by atoms with E-state index < -0.39 is 0 Å². The van der Waals surface area contributed by atoms with Crippen LogP contribution >= 0.6 is 11.6 Å². The normalized spacial score (nSPS) is 13.2. The smallest absolute Gasteiger partial charge is 0.259 e. The van der Waals surface area contributed by atoms with E-state index in [2.05, 4.69) is 5.32 Å². The number of fused-ring (bicyclic) bond motifs is 1. The molecule has 2 aromatic rings. The third-order valence-electron chi connectivity index (χ3n) is 4.25. The van der Waals surface area contributed by atoms with Gasteiger partial charge in [-0.25, -0.2) is 0 Å². The SMILES string of the molecule is COc1ccc(Cl)cc1C(=O)Nc1ccc2c(c1)N(C(C)=O)CCC2. The van der Waals surface area contributed by atoms with Crippen LogP contribution in [0.1, 0.15) is 29.3 Å². The largest absolute Gasteiger partial charge is 0.496 e. The third-order valence-corrected chi connectivity index (χ3v) is 4.48. The van der Waals surface area contributed by atoms with Crippen molar-refractivity contribution in [3.63, 3.8) is 0 Å². The zero-order valence-electron chi connectivity index (χ0n) is 14.1. The molecule has 1 heterocycles. The van der Waals surface area contributed by atoms with Gasteiger partial charge in [0, 0.05) is 29.9 Å². The van der Waals surface area contributed by atoms with Crippen molar-refractivity contribution in [3.8, 4) is 5.75 Å². The number of nitrogens with one attached hydrogen (secondary N) is 1. The summed E-state index contributed by atoms with van der Waals surface area (Å²) in [6, 6.07) is 10.5. The molecule has 2 aromatic carbocycles. The molecule has 2 amide bonds. The summed E-state index contributed by atoms with van der Waals surface area (Å²) in [7, 11) is 1.50.